The summed E-state index contributed by atoms with van der Waals surface area (Å²) in [5, 5.41) is 5.07. The van der Waals surface area contributed by atoms with Crippen molar-refractivity contribution in [3.8, 4) is 0 Å². The van der Waals surface area contributed by atoms with Gasteiger partial charge in [-0.15, -0.1) is 11.3 Å². The molecule has 142 valence electrons. The highest BCUT2D eigenvalue weighted by Crippen LogP contribution is 2.33. The molecule has 0 spiro atoms. The number of carbonyl (C=O) groups excluding carboxylic acids is 1. The van der Waals surface area contributed by atoms with Gasteiger partial charge in [0.25, 0.3) is 10.0 Å². The van der Waals surface area contributed by atoms with E-state index in [1.807, 2.05) is 26.0 Å². The van der Waals surface area contributed by atoms with E-state index in [1.54, 1.807) is 17.5 Å². The summed E-state index contributed by atoms with van der Waals surface area (Å²) in [6.45, 7) is 4.35. The van der Waals surface area contributed by atoms with Crippen LogP contribution in [0.5, 0.6) is 0 Å². The minimum atomic E-state index is -3.65. The molecule has 3 heterocycles. The molecule has 0 unspecified atom stereocenters. The van der Waals surface area contributed by atoms with Gasteiger partial charge in [-0.2, -0.15) is 4.31 Å². The van der Waals surface area contributed by atoms with E-state index in [-0.39, 0.29) is 10.1 Å². The number of amides is 1. The Bertz CT molecular complexity index is 1060. The largest absolute Gasteiger partial charge is 0.301 e. The van der Waals surface area contributed by atoms with Crippen LogP contribution in [0.25, 0.3) is 10.2 Å². The summed E-state index contributed by atoms with van der Waals surface area (Å²) < 4.78 is 28.3. The zero-order valence-corrected chi connectivity index (χ0v) is 17.4. The van der Waals surface area contributed by atoms with Crippen LogP contribution in [0.15, 0.2) is 33.9 Å². The summed E-state index contributed by atoms with van der Waals surface area (Å²) in [4.78, 5) is 17.4. The van der Waals surface area contributed by atoms with Crippen LogP contribution in [0.2, 0.25) is 0 Å². The molecule has 4 rings (SSSR count). The Morgan fingerprint density at radius 3 is 2.74 bits per heavy atom. The molecule has 9 heteroatoms. The monoisotopic (exact) mass is 421 g/mol. The summed E-state index contributed by atoms with van der Waals surface area (Å²) in [7, 11) is -3.65. The maximum absolute atomic E-state index is 12.8. The van der Waals surface area contributed by atoms with Crippen molar-refractivity contribution in [1.82, 2.24) is 9.29 Å². The molecule has 0 radical (unpaired) electrons. The average Bonchev–Trinajstić information content (AvgIpc) is 3.38. The number of hydrogen-bond donors (Lipinski definition) is 1. The van der Waals surface area contributed by atoms with Gasteiger partial charge in [0.1, 0.15) is 10.3 Å². The van der Waals surface area contributed by atoms with Crippen LogP contribution >= 0.6 is 22.7 Å². The van der Waals surface area contributed by atoms with Gasteiger partial charge in [0.05, 0.1) is 10.2 Å². The molecule has 6 nitrogen and oxygen atoms in total. The number of nitrogens with one attached hydrogen (secondary N) is 1. The van der Waals surface area contributed by atoms with E-state index in [0.717, 1.165) is 21.3 Å². The van der Waals surface area contributed by atoms with E-state index >= 15 is 0 Å². The second-order valence-corrected chi connectivity index (χ2v) is 10.7. The smallest absolute Gasteiger partial charge is 0.253 e. The predicted octanol–water partition coefficient (Wildman–Crippen LogP) is 3.77. The van der Waals surface area contributed by atoms with Crippen LogP contribution in [0, 0.1) is 13.8 Å². The van der Waals surface area contributed by atoms with Gasteiger partial charge in [0.2, 0.25) is 5.91 Å². The summed E-state index contributed by atoms with van der Waals surface area (Å²) in [6, 6.07) is 6.62. The fourth-order valence-corrected chi connectivity index (χ4v) is 7.11. The summed E-state index contributed by atoms with van der Waals surface area (Å²) in [6.07, 6.45) is 1.18. The van der Waals surface area contributed by atoms with Gasteiger partial charge < -0.3 is 5.32 Å². The fourth-order valence-electron chi connectivity index (χ4n) is 3.32. The minimum Gasteiger partial charge on any atom is -0.301 e. The van der Waals surface area contributed by atoms with Crippen molar-refractivity contribution >= 4 is 54.0 Å². The number of rotatable bonds is 4. The van der Waals surface area contributed by atoms with Crippen molar-refractivity contribution in [3.63, 3.8) is 0 Å². The third kappa shape index (κ3) is 3.29. The molecule has 1 atom stereocenters. The highest BCUT2D eigenvalue weighted by Gasteiger charge is 2.40. The minimum absolute atomic E-state index is 0.272. The Morgan fingerprint density at radius 1 is 1.26 bits per heavy atom. The van der Waals surface area contributed by atoms with Crippen LogP contribution in [0.3, 0.4) is 0 Å². The lowest BCUT2D eigenvalue weighted by Gasteiger charge is -2.22. The van der Waals surface area contributed by atoms with E-state index in [1.165, 1.54) is 27.0 Å². The van der Waals surface area contributed by atoms with Gasteiger partial charge in [-0.05, 0) is 49.3 Å². The maximum Gasteiger partial charge on any atom is 0.253 e. The highest BCUT2D eigenvalue weighted by atomic mass is 32.2. The third-order valence-electron chi connectivity index (χ3n) is 4.74. The second-order valence-electron chi connectivity index (χ2n) is 6.59. The summed E-state index contributed by atoms with van der Waals surface area (Å²) in [5.41, 5.74) is 3.04. The molecule has 1 saturated heterocycles. The highest BCUT2D eigenvalue weighted by molar-refractivity contribution is 7.91. The lowest BCUT2D eigenvalue weighted by molar-refractivity contribution is -0.119. The fraction of sp³-hybridized carbons (Fsp3) is 0.333. The molecular formula is C18H19N3O3S3. The quantitative estimate of drug-likeness (QED) is 0.695. The van der Waals surface area contributed by atoms with Gasteiger partial charge >= 0.3 is 0 Å². The van der Waals surface area contributed by atoms with E-state index in [0.29, 0.717) is 24.5 Å². The normalized spacial score (nSPS) is 18.2. The zero-order chi connectivity index (χ0) is 19.2. The first-order valence-electron chi connectivity index (χ1n) is 8.61. The Hall–Kier alpha value is -1.81. The average molecular weight is 422 g/mol. The SMILES string of the molecule is Cc1ccc(C)c2sc(NC(=O)[C@@H]3CCCN3S(=O)(=O)c3cccs3)nc12. The molecule has 0 bridgehead atoms. The van der Waals surface area contributed by atoms with Crippen molar-refractivity contribution in [3.05, 3.63) is 40.8 Å². The molecule has 1 aromatic carbocycles. The van der Waals surface area contributed by atoms with Crippen molar-refractivity contribution in [2.75, 3.05) is 11.9 Å². The molecule has 1 fully saturated rings. The van der Waals surface area contributed by atoms with Crippen molar-refractivity contribution in [2.24, 2.45) is 0 Å². The van der Waals surface area contributed by atoms with Crippen LogP contribution < -0.4 is 5.32 Å². The molecule has 27 heavy (non-hydrogen) atoms. The van der Waals surface area contributed by atoms with Gasteiger partial charge in [-0.1, -0.05) is 29.5 Å². The zero-order valence-electron chi connectivity index (χ0n) is 14.9. The lowest BCUT2D eigenvalue weighted by atomic mass is 10.1. The maximum atomic E-state index is 12.8. The second kappa shape index (κ2) is 6.97. The van der Waals surface area contributed by atoms with Crippen molar-refractivity contribution in [1.29, 1.82) is 0 Å². The summed E-state index contributed by atoms with van der Waals surface area (Å²) >= 11 is 2.59. The topological polar surface area (TPSA) is 79.4 Å². The predicted molar refractivity (Wildman–Crippen MR) is 109 cm³/mol. The molecule has 1 aliphatic rings. The number of aromatic nitrogens is 1. The number of anilines is 1. The number of thiazole rings is 1. The Morgan fingerprint density at radius 2 is 2.04 bits per heavy atom. The first-order chi connectivity index (χ1) is 12.9. The van der Waals surface area contributed by atoms with Crippen LogP contribution in [0.4, 0.5) is 5.13 Å². The number of sulfonamides is 1. The first kappa shape index (κ1) is 18.5. The Balaban J connectivity index is 1.59. The first-order valence-corrected chi connectivity index (χ1v) is 11.7. The van der Waals surface area contributed by atoms with E-state index in [2.05, 4.69) is 10.3 Å². The number of carbonyl (C=O) groups is 1. The Kier molecular flexibility index (Phi) is 4.79. The summed E-state index contributed by atoms with van der Waals surface area (Å²) in [5.74, 6) is -0.318. The van der Waals surface area contributed by atoms with Crippen LogP contribution in [0.1, 0.15) is 24.0 Å². The van der Waals surface area contributed by atoms with Crippen molar-refractivity contribution < 1.29 is 13.2 Å². The molecule has 2 aromatic heterocycles. The molecule has 1 N–H and O–H groups in total. The number of benzene rings is 1. The molecular weight excluding hydrogens is 402 g/mol. The Labute approximate surface area is 165 Å². The number of aryl methyl sites for hydroxylation is 2. The molecule has 1 amide bonds. The molecule has 0 saturated carbocycles. The van der Waals surface area contributed by atoms with Gasteiger partial charge in [0.15, 0.2) is 5.13 Å². The molecule has 3 aromatic rings. The number of nitrogens with zero attached hydrogens (tertiary/aromatic N) is 2. The van der Waals surface area contributed by atoms with Gasteiger partial charge in [-0.3, -0.25) is 4.79 Å². The standard InChI is InChI=1S/C18H19N3O3S3/c1-11-7-8-12(2)16-15(11)19-18(26-16)20-17(22)13-5-3-9-21(13)27(23,24)14-6-4-10-25-14/h4,6-8,10,13H,3,5,9H2,1-2H3,(H,19,20,22)/t13-/m0/s1. The number of thiophene rings is 1. The van der Waals surface area contributed by atoms with Crippen molar-refractivity contribution in [2.45, 2.75) is 36.9 Å². The number of hydrogen-bond acceptors (Lipinski definition) is 6. The number of fused-ring (bicyclic) bond motifs is 1. The van der Waals surface area contributed by atoms with Gasteiger partial charge in [-0.25, -0.2) is 13.4 Å². The lowest BCUT2D eigenvalue weighted by Crippen LogP contribution is -2.42. The van der Waals surface area contributed by atoms with Crippen LogP contribution in [-0.2, 0) is 14.8 Å². The van der Waals surface area contributed by atoms with Crippen LogP contribution in [-0.4, -0.2) is 36.2 Å². The van der Waals surface area contributed by atoms with E-state index < -0.39 is 16.1 Å². The van der Waals surface area contributed by atoms with E-state index in [9.17, 15) is 13.2 Å². The van der Waals surface area contributed by atoms with Gasteiger partial charge in [0, 0.05) is 6.54 Å². The third-order valence-corrected chi connectivity index (χ3v) is 9.12. The molecule has 0 aliphatic carbocycles. The molecule has 1 aliphatic heterocycles. The van der Waals surface area contributed by atoms with E-state index in [4.69, 9.17) is 0 Å².